The second kappa shape index (κ2) is 4.91. The maximum atomic E-state index is 12.2. The van der Waals surface area contributed by atoms with Crippen LogP contribution in [0.3, 0.4) is 0 Å². The molecule has 1 amide bonds. The third-order valence-electron chi connectivity index (χ3n) is 3.16. The number of amides is 1. The summed E-state index contributed by atoms with van der Waals surface area (Å²) in [5, 5.41) is 0. The van der Waals surface area contributed by atoms with Crippen molar-refractivity contribution in [1.82, 2.24) is 4.90 Å². The Hall–Kier alpha value is -0.960. The van der Waals surface area contributed by atoms with Gasteiger partial charge in [-0.1, -0.05) is 0 Å². The highest BCUT2D eigenvalue weighted by molar-refractivity contribution is 6.18. The predicted octanol–water partition coefficient (Wildman–Crippen LogP) is 2.82. The number of halogens is 1. The average Bonchev–Trinajstić information content (AvgIpc) is 2.60. The molecule has 4 heteroatoms. The fourth-order valence-corrected chi connectivity index (χ4v) is 2.14. The fraction of sp³-hybridized carbons (Fsp3) is 0.583. The maximum Gasteiger partial charge on any atom is 0.290 e. The van der Waals surface area contributed by atoms with Crippen LogP contribution in [0.2, 0.25) is 0 Å². The van der Waals surface area contributed by atoms with Gasteiger partial charge in [-0.2, -0.15) is 0 Å². The number of carbonyl (C=O) groups is 1. The second-order valence-corrected chi connectivity index (χ2v) is 4.58. The van der Waals surface area contributed by atoms with Gasteiger partial charge in [0.2, 0.25) is 0 Å². The molecule has 88 valence electrons. The minimum absolute atomic E-state index is 0.0205. The number of nitrogens with zero attached hydrogens (tertiary/aromatic N) is 1. The molecule has 0 aromatic carbocycles. The molecule has 3 nitrogen and oxygen atoms in total. The summed E-state index contributed by atoms with van der Waals surface area (Å²) >= 11 is 5.74. The summed E-state index contributed by atoms with van der Waals surface area (Å²) in [6.07, 6.45) is 4.93. The van der Waals surface area contributed by atoms with E-state index >= 15 is 0 Å². The maximum absolute atomic E-state index is 12.2. The molecule has 16 heavy (non-hydrogen) atoms. The smallest absolute Gasteiger partial charge is 0.290 e. The summed E-state index contributed by atoms with van der Waals surface area (Å²) < 4.78 is 5.24. The molecule has 0 N–H and O–H groups in total. The first-order valence-electron chi connectivity index (χ1n) is 5.65. The van der Waals surface area contributed by atoms with Gasteiger partial charge in [0.05, 0.1) is 6.26 Å². The van der Waals surface area contributed by atoms with Crippen LogP contribution in [-0.4, -0.2) is 29.3 Å². The molecule has 0 saturated heterocycles. The van der Waals surface area contributed by atoms with E-state index in [1.165, 1.54) is 6.42 Å². The second-order valence-electron chi connectivity index (χ2n) is 4.20. The Morgan fingerprint density at radius 3 is 2.81 bits per heavy atom. The zero-order valence-corrected chi connectivity index (χ0v) is 10.2. The van der Waals surface area contributed by atoms with Crippen LogP contribution in [0.25, 0.3) is 0 Å². The van der Waals surface area contributed by atoms with E-state index in [-0.39, 0.29) is 5.91 Å². The Balaban J connectivity index is 2.13. The lowest BCUT2D eigenvalue weighted by Gasteiger charge is -2.36. The lowest BCUT2D eigenvalue weighted by molar-refractivity contribution is 0.0564. The Labute approximate surface area is 100 Å². The van der Waals surface area contributed by atoms with Crippen molar-refractivity contribution in [3.63, 3.8) is 0 Å². The van der Waals surface area contributed by atoms with Gasteiger partial charge in [0.15, 0.2) is 5.76 Å². The number of alkyl halides is 1. The van der Waals surface area contributed by atoms with Gasteiger partial charge in [0.25, 0.3) is 5.91 Å². The third-order valence-corrected chi connectivity index (χ3v) is 3.33. The van der Waals surface area contributed by atoms with Crippen LogP contribution in [0.15, 0.2) is 16.7 Å². The van der Waals surface area contributed by atoms with Crippen molar-refractivity contribution >= 4 is 17.5 Å². The minimum Gasteiger partial charge on any atom is -0.459 e. The van der Waals surface area contributed by atoms with E-state index in [1.807, 2.05) is 17.9 Å². The summed E-state index contributed by atoms with van der Waals surface area (Å²) in [5.74, 6) is 0.909. The lowest BCUT2D eigenvalue weighted by atomic mass is 9.91. The van der Waals surface area contributed by atoms with Crippen LogP contribution in [0.5, 0.6) is 0 Å². The Morgan fingerprint density at radius 2 is 2.38 bits per heavy atom. The molecule has 0 atom stereocenters. The van der Waals surface area contributed by atoms with E-state index in [1.54, 1.807) is 6.26 Å². The molecule has 1 fully saturated rings. The van der Waals surface area contributed by atoms with E-state index in [9.17, 15) is 4.79 Å². The van der Waals surface area contributed by atoms with E-state index in [4.69, 9.17) is 16.0 Å². The molecule has 2 rings (SSSR count). The molecule has 0 radical (unpaired) electrons. The summed E-state index contributed by atoms with van der Waals surface area (Å²) in [7, 11) is 0. The van der Waals surface area contributed by atoms with Crippen LogP contribution in [0, 0.1) is 6.92 Å². The van der Waals surface area contributed by atoms with Crippen LogP contribution in [0.1, 0.15) is 35.4 Å². The fourth-order valence-electron chi connectivity index (χ4n) is 1.96. The summed E-state index contributed by atoms with van der Waals surface area (Å²) in [5.41, 5.74) is 0.892. The van der Waals surface area contributed by atoms with Crippen LogP contribution >= 0.6 is 11.6 Å². The molecule has 1 aromatic heterocycles. The monoisotopic (exact) mass is 241 g/mol. The molecule has 1 saturated carbocycles. The molecule has 0 unspecified atom stereocenters. The van der Waals surface area contributed by atoms with Crippen molar-refractivity contribution in [3.8, 4) is 0 Å². The van der Waals surface area contributed by atoms with Crippen LogP contribution < -0.4 is 0 Å². The molecule has 0 spiro atoms. The van der Waals surface area contributed by atoms with Gasteiger partial charge < -0.3 is 9.32 Å². The highest BCUT2D eigenvalue weighted by atomic mass is 35.5. The van der Waals surface area contributed by atoms with E-state index in [2.05, 4.69) is 0 Å². The Kier molecular flexibility index (Phi) is 3.54. The normalized spacial score (nSPS) is 15.9. The molecule has 0 bridgehead atoms. The molecule has 1 aliphatic rings. The van der Waals surface area contributed by atoms with Crippen LogP contribution in [-0.2, 0) is 0 Å². The number of hydrogen-bond donors (Lipinski definition) is 0. The first kappa shape index (κ1) is 11.5. The zero-order chi connectivity index (χ0) is 11.5. The Bertz CT molecular complexity index is 371. The molecular weight excluding hydrogens is 226 g/mol. The molecule has 1 aromatic rings. The highest BCUT2D eigenvalue weighted by Gasteiger charge is 2.30. The Morgan fingerprint density at radius 1 is 1.62 bits per heavy atom. The predicted molar refractivity (Wildman–Crippen MR) is 62.8 cm³/mol. The first-order chi connectivity index (χ1) is 7.74. The number of hydrogen-bond acceptors (Lipinski definition) is 2. The van der Waals surface area contributed by atoms with E-state index in [0.717, 1.165) is 18.4 Å². The van der Waals surface area contributed by atoms with Crippen molar-refractivity contribution in [1.29, 1.82) is 0 Å². The van der Waals surface area contributed by atoms with E-state index < -0.39 is 0 Å². The average molecular weight is 242 g/mol. The third kappa shape index (κ3) is 2.09. The number of rotatable bonds is 4. The molecular formula is C12H16ClNO2. The number of furan rings is 1. The molecule has 1 heterocycles. The first-order valence-corrected chi connectivity index (χ1v) is 6.18. The van der Waals surface area contributed by atoms with Crippen molar-refractivity contribution in [2.45, 2.75) is 32.2 Å². The number of carbonyl (C=O) groups excluding carboxylic acids is 1. The van der Waals surface area contributed by atoms with Gasteiger partial charge in [-0.25, -0.2) is 0 Å². The SMILES string of the molecule is Cc1ccoc1C(=O)N(CCCl)C1CCC1. The topological polar surface area (TPSA) is 33.5 Å². The summed E-state index contributed by atoms with van der Waals surface area (Å²) in [4.78, 5) is 14.1. The van der Waals surface area contributed by atoms with Crippen molar-refractivity contribution in [3.05, 3.63) is 23.7 Å². The quantitative estimate of drug-likeness (QED) is 0.760. The van der Waals surface area contributed by atoms with Gasteiger partial charge in [-0.05, 0) is 32.3 Å². The standard InChI is InChI=1S/C12H16ClNO2/c1-9-5-8-16-11(9)12(15)14(7-6-13)10-3-2-4-10/h5,8,10H,2-4,6-7H2,1H3. The van der Waals surface area contributed by atoms with Crippen molar-refractivity contribution in [2.24, 2.45) is 0 Å². The van der Waals surface area contributed by atoms with Crippen LogP contribution in [0.4, 0.5) is 0 Å². The lowest BCUT2D eigenvalue weighted by Crippen LogP contribution is -2.45. The summed E-state index contributed by atoms with van der Waals surface area (Å²) in [6.45, 7) is 2.49. The van der Waals surface area contributed by atoms with Gasteiger partial charge in [0, 0.05) is 24.0 Å². The van der Waals surface area contributed by atoms with Crippen molar-refractivity contribution < 1.29 is 9.21 Å². The van der Waals surface area contributed by atoms with Gasteiger partial charge >= 0.3 is 0 Å². The van der Waals surface area contributed by atoms with Gasteiger partial charge in [-0.15, -0.1) is 11.6 Å². The largest absolute Gasteiger partial charge is 0.459 e. The van der Waals surface area contributed by atoms with Gasteiger partial charge in [-0.3, -0.25) is 4.79 Å². The van der Waals surface area contributed by atoms with Gasteiger partial charge in [0.1, 0.15) is 0 Å². The molecule has 1 aliphatic carbocycles. The van der Waals surface area contributed by atoms with E-state index in [0.29, 0.717) is 24.2 Å². The highest BCUT2D eigenvalue weighted by Crippen LogP contribution is 2.26. The molecule has 0 aliphatic heterocycles. The minimum atomic E-state index is -0.0205. The zero-order valence-electron chi connectivity index (χ0n) is 9.41. The van der Waals surface area contributed by atoms with Crippen molar-refractivity contribution in [2.75, 3.05) is 12.4 Å². The summed E-state index contributed by atoms with van der Waals surface area (Å²) in [6, 6.07) is 2.17. The number of aryl methyl sites for hydroxylation is 1.